The molecule has 0 N–H and O–H groups in total. The van der Waals surface area contributed by atoms with Crippen molar-refractivity contribution in [2.75, 3.05) is 7.05 Å². The summed E-state index contributed by atoms with van der Waals surface area (Å²) < 4.78 is 0. The third-order valence-electron chi connectivity index (χ3n) is 2.96. The molecule has 0 radical (unpaired) electrons. The Bertz CT molecular complexity index is 330. The first-order valence-electron chi connectivity index (χ1n) is 5.57. The van der Waals surface area contributed by atoms with Crippen LogP contribution in [0.1, 0.15) is 24.8 Å². The van der Waals surface area contributed by atoms with Gasteiger partial charge in [-0.25, -0.2) is 0 Å². The van der Waals surface area contributed by atoms with Crippen molar-refractivity contribution < 1.29 is 4.79 Å². The van der Waals surface area contributed by atoms with Crippen LogP contribution in [0.25, 0.3) is 0 Å². The number of hydrogen-bond donors (Lipinski definition) is 0. The minimum atomic E-state index is 0.279. The second kappa shape index (κ2) is 4.47. The van der Waals surface area contributed by atoms with Gasteiger partial charge in [0.2, 0.25) is 5.91 Å². The highest BCUT2D eigenvalue weighted by Crippen LogP contribution is 2.25. The molecule has 0 heterocycles. The summed E-state index contributed by atoms with van der Waals surface area (Å²) in [5.41, 5.74) is 1.25. The molecule has 0 atom stereocenters. The van der Waals surface area contributed by atoms with E-state index in [1.54, 1.807) is 0 Å². The third-order valence-corrected chi connectivity index (χ3v) is 2.96. The monoisotopic (exact) mass is 203 g/mol. The molecule has 1 saturated carbocycles. The average Bonchev–Trinajstić information content (AvgIpc) is 3.10. The molecule has 1 amide bonds. The Hall–Kier alpha value is -1.31. The van der Waals surface area contributed by atoms with Gasteiger partial charge in [0.1, 0.15) is 0 Å². The maximum Gasteiger partial charge on any atom is 0.222 e. The predicted octanol–water partition coefficient (Wildman–Crippen LogP) is 2.24. The summed E-state index contributed by atoms with van der Waals surface area (Å²) in [5.74, 6) is 0.279. The molecule has 0 spiro atoms. The van der Waals surface area contributed by atoms with Gasteiger partial charge in [-0.3, -0.25) is 4.79 Å². The Balaban J connectivity index is 1.80. The van der Waals surface area contributed by atoms with Crippen molar-refractivity contribution in [2.24, 2.45) is 0 Å². The largest absolute Gasteiger partial charge is 0.343 e. The maximum atomic E-state index is 11.7. The summed E-state index contributed by atoms with van der Waals surface area (Å²) in [6, 6.07) is 10.7. The van der Waals surface area contributed by atoms with Crippen molar-refractivity contribution in [1.82, 2.24) is 4.90 Å². The smallest absolute Gasteiger partial charge is 0.222 e. The summed E-state index contributed by atoms with van der Waals surface area (Å²) in [7, 11) is 1.92. The van der Waals surface area contributed by atoms with Gasteiger partial charge in [0.15, 0.2) is 0 Å². The van der Waals surface area contributed by atoms with E-state index in [4.69, 9.17) is 0 Å². The second-order valence-corrected chi connectivity index (χ2v) is 4.22. The Morgan fingerprint density at radius 1 is 1.33 bits per heavy atom. The predicted molar refractivity (Wildman–Crippen MR) is 60.6 cm³/mol. The topological polar surface area (TPSA) is 20.3 Å². The van der Waals surface area contributed by atoms with Gasteiger partial charge >= 0.3 is 0 Å². The lowest BCUT2D eigenvalue weighted by Gasteiger charge is -2.15. The van der Waals surface area contributed by atoms with Crippen molar-refractivity contribution in [3.05, 3.63) is 35.9 Å². The molecule has 0 unspecified atom stereocenters. The van der Waals surface area contributed by atoms with E-state index in [1.165, 1.54) is 18.4 Å². The van der Waals surface area contributed by atoms with E-state index < -0.39 is 0 Å². The van der Waals surface area contributed by atoms with Gasteiger partial charge in [0, 0.05) is 19.5 Å². The first kappa shape index (κ1) is 10.2. The zero-order valence-corrected chi connectivity index (χ0v) is 9.15. The van der Waals surface area contributed by atoms with Gasteiger partial charge in [-0.05, 0) is 24.8 Å². The number of aryl methyl sites for hydroxylation is 1. The van der Waals surface area contributed by atoms with E-state index in [0.29, 0.717) is 12.5 Å². The van der Waals surface area contributed by atoms with E-state index in [0.717, 1.165) is 6.42 Å². The lowest BCUT2D eigenvalue weighted by Crippen LogP contribution is -2.28. The molecular formula is C13H17NO. The molecular weight excluding hydrogens is 186 g/mol. The highest BCUT2D eigenvalue weighted by Gasteiger charge is 2.28. The van der Waals surface area contributed by atoms with Crippen LogP contribution in [0, 0.1) is 0 Å². The Labute approximate surface area is 90.9 Å². The number of hydrogen-bond acceptors (Lipinski definition) is 1. The molecule has 2 heteroatoms. The fourth-order valence-corrected chi connectivity index (χ4v) is 1.74. The first-order chi connectivity index (χ1) is 7.27. The molecule has 1 aliphatic carbocycles. The van der Waals surface area contributed by atoms with Crippen LogP contribution in [-0.2, 0) is 11.2 Å². The van der Waals surface area contributed by atoms with Crippen molar-refractivity contribution in [3.63, 3.8) is 0 Å². The summed E-state index contributed by atoms with van der Waals surface area (Å²) in [6.45, 7) is 0. The van der Waals surface area contributed by atoms with Crippen LogP contribution >= 0.6 is 0 Å². The average molecular weight is 203 g/mol. The zero-order chi connectivity index (χ0) is 10.7. The molecule has 80 valence electrons. The second-order valence-electron chi connectivity index (χ2n) is 4.22. The van der Waals surface area contributed by atoms with Gasteiger partial charge in [0.25, 0.3) is 0 Å². The molecule has 1 aliphatic rings. The van der Waals surface area contributed by atoms with Crippen LogP contribution in [0.4, 0.5) is 0 Å². The summed E-state index contributed by atoms with van der Waals surface area (Å²) >= 11 is 0. The van der Waals surface area contributed by atoms with Gasteiger partial charge in [-0.15, -0.1) is 0 Å². The third kappa shape index (κ3) is 2.82. The molecule has 2 nitrogen and oxygen atoms in total. The Morgan fingerprint density at radius 3 is 2.60 bits per heavy atom. The number of benzene rings is 1. The summed E-state index contributed by atoms with van der Waals surface area (Å²) in [4.78, 5) is 13.6. The fraction of sp³-hybridized carbons (Fsp3) is 0.462. The van der Waals surface area contributed by atoms with E-state index in [2.05, 4.69) is 12.1 Å². The van der Waals surface area contributed by atoms with Crippen molar-refractivity contribution in [2.45, 2.75) is 31.7 Å². The lowest BCUT2D eigenvalue weighted by atomic mass is 10.1. The number of carbonyl (C=O) groups is 1. The number of carbonyl (C=O) groups excluding carboxylic acids is 1. The lowest BCUT2D eigenvalue weighted by molar-refractivity contribution is -0.130. The molecule has 0 saturated heterocycles. The molecule has 0 aromatic heterocycles. The molecule has 1 aromatic rings. The number of nitrogens with zero attached hydrogens (tertiary/aromatic N) is 1. The molecule has 15 heavy (non-hydrogen) atoms. The SMILES string of the molecule is CN(C(=O)CCc1ccccc1)C1CC1. The maximum absolute atomic E-state index is 11.7. The Morgan fingerprint density at radius 2 is 2.00 bits per heavy atom. The first-order valence-corrected chi connectivity index (χ1v) is 5.57. The standard InChI is InChI=1S/C13H17NO/c1-14(12-8-9-12)13(15)10-7-11-5-3-2-4-6-11/h2-6,12H,7-10H2,1H3. The molecule has 2 rings (SSSR count). The highest BCUT2D eigenvalue weighted by molar-refractivity contribution is 5.76. The van der Waals surface area contributed by atoms with Crippen molar-refractivity contribution in [1.29, 1.82) is 0 Å². The normalized spacial score (nSPS) is 15.0. The molecule has 0 aliphatic heterocycles. The van der Waals surface area contributed by atoms with Gasteiger partial charge in [-0.1, -0.05) is 30.3 Å². The van der Waals surface area contributed by atoms with E-state index in [9.17, 15) is 4.79 Å². The van der Waals surface area contributed by atoms with Crippen LogP contribution < -0.4 is 0 Å². The van der Waals surface area contributed by atoms with E-state index in [-0.39, 0.29) is 5.91 Å². The summed E-state index contributed by atoms with van der Waals surface area (Å²) in [6.07, 6.45) is 3.87. The van der Waals surface area contributed by atoms with Crippen LogP contribution in [0.2, 0.25) is 0 Å². The zero-order valence-electron chi connectivity index (χ0n) is 9.15. The number of rotatable bonds is 4. The van der Waals surface area contributed by atoms with Gasteiger partial charge < -0.3 is 4.90 Å². The van der Waals surface area contributed by atoms with Gasteiger partial charge in [-0.2, -0.15) is 0 Å². The molecule has 0 bridgehead atoms. The van der Waals surface area contributed by atoms with E-state index >= 15 is 0 Å². The van der Waals surface area contributed by atoms with Crippen LogP contribution in [-0.4, -0.2) is 23.9 Å². The van der Waals surface area contributed by atoms with E-state index in [1.807, 2.05) is 30.1 Å². The highest BCUT2D eigenvalue weighted by atomic mass is 16.2. The van der Waals surface area contributed by atoms with Crippen molar-refractivity contribution >= 4 is 5.91 Å². The minimum Gasteiger partial charge on any atom is -0.343 e. The number of amides is 1. The summed E-state index contributed by atoms with van der Waals surface area (Å²) in [5, 5.41) is 0. The quantitative estimate of drug-likeness (QED) is 0.735. The van der Waals surface area contributed by atoms with Crippen LogP contribution in [0.3, 0.4) is 0 Å². The van der Waals surface area contributed by atoms with Crippen LogP contribution in [0.5, 0.6) is 0 Å². The molecule has 1 fully saturated rings. The van der Waals surface area contributed by atoms with Gasteiger partial charge in [0.05, 0.1) is 0 Å². The van der Waals surface area contributed by atoms with Crippen LogP contribution in [0.15, 0.2) is 30.3 Å². The molecule has 1 aromatic carbocycles. The fourth-order valence-electron chi connectivity index (χ4n) is 1.74. The van der Waals surface area contributed by atoms with Crippen molar-refractivity contribution in [3.8, 4) is 0 Å². The minimum absolute atomic E-state index is 0.279. The Kier molecular flexibility index (Phi) is 3.05.